The zero-order valence-corrected chi connectivity index (χ0v) is 13.0. The highest BCUT2D eigenvalue weighted by Crippen LogP contribution is 2.28. The second-order valence-electron chi connectivity index (χ2n) is 5.02. The third-order valence-electron chi connectivity index (χ3n) is 3.51. The maximum atomic E-state index is 12.0. The van der Waals surface area contributed by atoms with Crippen molar-refractivity contribution < 1.29 is 18.4 Å². The lowest BCUT2D eigenvalue weighted by atomic mass is 10.2. The minimum absolute atomic E-state index is 0.329. The number of fused-ring (bicyclic) bond motifs is 1. The van der Waals surface area contributed by atoms with Gasteiger partial charge in [-0.1, -0.05) is 12.1 Å². The average molecular weight is 312 g/mol. The van der Waals surface area contributed by atoms with Crippen LogP contribution in [-0.2, 0) is 0 Å². The van der Waals surface area contributed by atoms with E-state index in [0.29, 0.717) is 34.1 Å². The van der Waals surface area contributed by atoms with Crippen molar-refractivity contribution in [2.24, 2.45) is 5.10 Å². The highest BCUT2D eigenvalue weighted by molar-refractivity contribution is 6.02. The molecule has 0 atom stereocenters. The molecule has 118 valence electrons. The molecule has 0 radical (unpaired) electrons. The summed E-state index contributed by atoms with van der Waals surface area (Å²) in [5, 5.41) is 4.99. The molecule has 0 saturated carbocycles. The predicted molar refractivity (Wildman–Crippen MR) is 85.9 cm³/mol. The fraction of sp³-hybridized carbons (Fsp3) is 0.176. The van der Waals surface area contributed by atoms with E-state index in [1.807, 2.05) is 24.3 Å². The molecule has 23 heavy (non-hydrogen) atoms. The molecule has 1 aromatic carbocycles. The molecular weight excluding hydrogens is 296 g/mol. The van der Waals surface area contributed by atoms with Gasteiger partial charge in [-0.05, 0) is 32.0 Å². The van der Waals surface area contributed by atoms with E-state index in [4.69, 9.17) is 13.6 Å². The first-order valence-electron chi connectivity index (χ1n) is 7.06. The molecule has 1 amide bonds. The van der Waals surface area contributed by atoms with E-state index in [-0.39, 0.29) is 5.91 Å². The summed E-state index contributed by atoms with van der Waals surface area (Å²) in [4.78, 5) is 12.0. The number of hydrogen-bond acceptors (Lipinski definition) is 5. The number of methoxy groups -OCH3 is 1. The molecule has 2 aromatic heterocycles. The second-order valence-corrected chi connectivity index (χ2v) is 5.02. The third-order valence-corrected chi connectivity index (χ3v) is 3.51. The molecule has 0 aliphatic rings. The van der Waals surface area contributed by atoms with Crippen molar-refractivity contribution in [1.82, 2.24) is 5.43 Å². The summed E-state index contributed by atoms with van der Waals surface area (Å²) in [6.07, 6.45) is 1.46. The maximum Gasteiger partial charge on any atom is 0.274 e. The molecule has 0 bridgehead atoms. The van der Waals surface area contributed by atoms with Gasteiger partial charge < -0.3 is 13.6 Å². The van der Waals surface area contributed by atoms with Gasteiger partial charge in [0.1, 0.15) is 11.5 Å². The van der Waals surface area contributed by atoms with Gasteiger partial charge in [0.2, 0.25) is 0 Å². The van der Waals surface area contributed by atoms with Gasteiger partial charge in [-0.2, -0.15) is 5.10 Å². The summed E-state index contributed by atoms with van der Waals surface area (Å²) in [7, 11) is 1.59. The number of para-hydroxylation sites is 1. The van der Waals surface area contributed by atoms with E-state index < -0.39 is 0 Å². The normalized spacial score (nSPS) is 11.7. The van der Waals surface area contributed by atoms with Crippen molar-refractivity contribution in [2.75, 3.05) is 7.11 Å². The summed E-state index contributed by atoms with van der Waals surface area (Å²) >= 11 is 0. The van der Waals surface area contributed by atoms with Crippen LogP contribution in [0.3, 0.4) is 0 Å². The molecule has 6 nitrogen and oxygen atoms in total. The van der Waals surface area contributed by atoms with Gasteiger partial charge in [0.15, 0.2) is 17.1 Å². The van der Waals surface area contributed by atoms with Crippen molar-refractivity contribution in [3.8, 4) is 5.75 Å². The Kier molecular flexibility index (Phi) is 3.89. The van der Waals surface area contributed by atoms with Gasteiger partial charge in [-0.25, -0.2) is 5.43 Å². The number of carbonyl (C=O) groups is 1. The molecule has 0 aliphatic carbocycles. The Morgan fingerprint density at radius 3 is 2.83 bits per heavy atom. The molecule has 0 saturated heterocycles. The highest BCUT2D eigenvalue weighted by atomic mass is 16.5. The van der Waals surface area contributed by atoms with E-state index in [1.54, 1.807) is 27.0 Å². The number of amides is 1. The molecule has 1 N–H and O–H groups in total. The quantitative estimate of drug-likeness (QED) is 0.591. The number of hydrogen-bond donors (Lipinski definition) is 1. The van der Waals surface area contributed by atoms with Crippen molar-refractivity contribution in [3.63, 3.8) is 0 Å². The summed E-state index contributed by atoms with van der Waals surface area (Å²) < 4.78 is 16.1. The van der Waals surface area contributed by atoms with Crippen molar-refractivity contribution in [3.05, 3.63) is 53.7 Å². The molecular formula is C17H16N2O4. The Balaban J connectivity index is 1.84. The zero-order chi connectivity index (χ0) is 16.4. The van der Waals surface area contributed by atoms with Crippen LogP contribution in [0.4, 0.5) is 0 Å². The predicted octanol–water partition coefficient (Wildman–Crippen LogP) is 3.50. The summed E-state index contributed by atoms with van der Waals surface area (Å²) in [5.74, 6) is 1.43. The number of furan rings is 2. The van der Waals surface area contributed by atoms with Crippen LogP contribution in [0.25, 0.3) is 11.0 Å². The van der Waals surface area contributed by atoms with Gasteiger partial charge >= 0.3 is 0 Å². The van der Waals surface area contributed by atoms with Crippen molar-refractivity contribution in [1.29, 1.82) is 0 Å². The maximum absolute atomic E-state index is 12.0. The number of nitrogens with zero attached hydrogens (tertiary/aromatic N) is 1. The van der Waals surface area contributed by atoms with E-state index in [2.05, 4.69) is 10.5 Å². The van der Waals surface area contributed by atoms with Crippen LogP contribution in [-0.4, -0.2) is 18.7 Å². The Bertz CT molecular complexity index is 889. The van der Waals surface area contributed by atoms with Gasteiger partial charge in [0, 0.05) is 5.39 Å². The Morgan fingerprint density at radius 1 is 1.30 bits per heavy atom. The molecule has 3 aromatic rings. The van der Waals surface area contributed by atoms with E-state index >= 15 is 0 Å². The SMILES string of the molecule is COc1cccc2cc(/C(C)=N\NC(=O)c3ccoc3C)oc12. The van der Waals surface area contributed by atoms with Gasteiger partial charge in [-0.15, -0.1) is 0 Å². The number of aryl methyl sites for hydroxylation is 1. The number of benzene rings is 1. The molecule has 0 spiro atoms. The van der Waals surface area contributed by atoms with E-state index in [9.17, 15) is 4.79 Å². The fourth-order valence-corrected chi connectivity index (χ4v) is 2.25. The lowest BCUT2D eigenvalue weighted by Crippen LogP contribution is -2.19. The number of carbonyl (C=O) groups excluding carboxylic acids is 1. The van der Waals surface area contributed by atoms with Crippen LogP contribution in [0, 0.1) is 6.92 Å². The average Bonchev–Trinajstić information content (AvgIpc) is 3.17. The largest absolute Gasteiger partial charge is 0.493 e. The number of nitrogens with one attached hydrogen (secondary N) is 1. The van der Waals surface area contributed by atoms with Gasteiger partial charge in [-0.3, -0.25) is 4.79 Å². The van der Waals surface area contributed by atoms with Crippen LogP contribution in [0.5, 0.6) is 5.75 Å². The van der Waals surface area contributed by atoms with Gasteiger partial charge in [0.05, 0.1) is 18.9 Å². The zero-order valence-electron chi connectivity index (χ0n) is 13.0. The Hall–Kier alpha value is -3.02. The lowest BCUT2D eigenvalue weighted by molar-refractivity contribution is 0.0953. The van der Waals surface area contributed by atoms with Crippen LogP contribution >= 0.6 is 0 Å². The first-order chi connectivity index (χ1) is 11.1. The smallest absolute Gasteiger partial charge is 0.274 e. The minimum atomic E-state index is -0.329. The minimum Gasteiger partial charge on any atom is -0.493 e. The number of ether oxygens (including phenoxy) is 1. The Morgan fingerprint density at radius 2 is 2.13 bits per heavy atom. The topological polar surface area (TPSA) is 77.0 Å². The first-order valence-corrected chi connectivity index (χ1v) is 7.06. The number of hydrazone groups is 1. The third kappa shape index (κ3) is 2.83. The number of rotatable bonds is 4. The molecule has 2 heterocycles. The fourth-order valence-electron chi connectivity index (χ4n) is 2.25. The summed E-state index contributed by atoms with van der Waals surface area (Å²) in [6.45, 7) is 3.48. The van der Waals surface area contributed by atoms with Crippen LogP contribution in [0.1, 0.15) is 28.8 Å². The van der Waals surface area contributed by atoms with E-state index in [0.717, 1.165) is 5.39 Å². The van der Waals surface area contributed by atoms with Crippen LogP contribution in [0.15, 0.2) is 50.5 Å². The molecule has 0 fully saturated rings. The first kappa shape index (κ1) is 14.9. The second kappa shape index (κ2) is 6.00. The molecule has 0 unspecified atom stereocenters. The summed E-state index contributed by atoms with van der Waals surface area (Å²) in [6, 6.07) is 9.08. The van der Waals surface area contributed by atoms with Crippen LogP contribution in [0.2, 0.25) is 0 Å². The monoisotopic (exact) mass is 312 g/mol. The molecule has 0 aliphatic heterocycles. The Labute approximate surface area is 132 Å². The standard InChI is InChI=1S/C17H16N2O4/c1-10(18-19-17(20)13-7-8-22-11(13)2)15-9-12-5-4-6-14(21-3)16(12)23-15/h4-9H,1-3H3,(H,19,20)/b18-10-. The van der Waals surface area contributed by atoms with Crippen molar-refractivity contribution >= 4 is 22.6 Å². The van der Waals surface area contributed by atoms with E-state index in [1.165, 1.54) is 6.26 Å². The van der Waals surface area contributed by atoms with Gasteiger partial charge in [0.25, 0.3) is 5.91 Å². The molecule has 3 rings (SSSR count). The van der Waals surface area contributed by atoms with Crippen molar-refractivity contribution in [2.45, 2.75) is 13.8 Å². The highest BCUT2D eigenvalue weighted by Gasteiger charge is 2.13. The molecule has 6 heteroatoms. The van der Waals surface area contributed by atoms with Crippen LogP contribution < -0.4 is 10.2 Å². The lowest BCUT2D eigenvalue weighted by Gasteiger charge is -2.00. The summed E-state index contributed by atoms with van der Waals surface area (Å²) in [5.41, 5.74) is 4.15.